The number of fused-ring (bicyclic) bond motifs is 3. The number of sulfonamides is 1. The van der Waals surface area contributed by atoms with Crippen LogP contribution in [0.15, 0.2) is 65.6 Å². The van der Waals surface area contributed by atoms with E-state index in [1.165, 1.54) is 0 Å². The zero-order valence-corrected chi connectivity index (χ0v) is 22.8. The summed E-state index contributed by atoms with van der Waals surface area (Å²) in [7, 11) is -1.97. The summed E-state index contributed by atoms with van der Waals surface area (Å²) in [5.74, 6) is 1.52. The van der Waals surface area contributed by atoms with Crippen LogP contribution < -0.4 is 14.8 Å². The van der Waals surface area contributed by atoms with Gasteiger partial charge >= 0.3 is 0 Å². The Hall–Kier alpha value is -2.82. The molecule has 1 fully saturated rings. The molecule has 5 rings (SSSR count). The maximum Gasteiger partial charge on any atom is 0.243 e. The lowest BCUT2D eigenvalue weighted by Gasteiger charge is -2.31. The topological polar surface area (TPSA) is 104 Å². The average Bonchev–Trinajstić information content (AvgIpc) is 3.32. The number of benzene rings is 3. The van der Waals surface area contributed by atoms with Gasteiger partial charge in [0.15, 0.2) is 0 Å². The van der Waals surface area contributed by atoms with E-state index in [4.69, 9.17) is 21.1 Å². The van der Waals surface area contributed by atoms with E-state index in [0.29, 0.717) is 48.6 Å². The van der Waals surface area contributed by atoms with Gasteiger partial charge in [0.25, 0.3) is 0 Å². The third-order valence-electron chi connectivity index (χ3n) is 7.08. The van der Waals surface area contributed by atoms with Crippen molar-refractivity contribution in [2.24, 2.45) is 5.92 Å². The lowest BCUT2D eigenvalue weighted by Crippen LogP contribution is -2.42. The lowest BCUT2D eigenvalue weighted by molar-refractivity contribution is 0.105. The maximum atomic E-state index is 13.0. The molecule has 0 spiro atoms. The number of halogens is 1. The molecule has 1 atom stereocenters. The summed E-state index contributed by atoms with van der Waals surface area (Å²) in [5, 5.41) is 16.3. The number of ether oxygens (including phenoxy) is 2. The second-order valence-electron chi connectivity index (χ2n) is 9.62. The van der Waals surface area contributed by atoms with Gasteiger partial charge in [-0.15, -0.1) is 0 Å². The number of nitrogens with zero attached hydrogens (tertiary/aromatic N) is 1. The second-order valence-corrected chi connectivity index (χ2v) is 12.0. The van der Waals surface area contributed by atoms with Crippen LogP contribution in [0.2, 0.25) is 5.02 Å². The van der Waals surface area contributed by atoms with Crippen LogP contribution in [0.25, 0.3) is 21.8 Å². The van der Waals surface area contributed by atoms with Crippen LogP contribution in [0, 0.1) is 5.92 Å². The van der Waals surface area contributed by atoms with Gasteiger partial charge in [0, 0.05) is 30.5 Å². The monoisotopic (exact) mass is 557 g/mol. The van der Waals surface area contributed by atoms with Crippen LogP contribution in [-0.2, 0) is 10.0 Å². The predicted octanol–water partition coefficient (Wildman–Crippen LogP) is 4.41. The Morgan fingerprint density at radius 2 is 1.82 bits per heavy atom. The van der Waals surface area contributed by atoms with Gasteiger partial charge in [0.05, 0.1) is 27.9 Å². The molecule has 0 amide bonds. The number of aromatic amines is 1. The summed E-state index contributed by atoms with van der Waals surface area (Å²) in [6.07, 6.45) is 0.794. The molecule has 8 nitrogen and oxygen atoms in total. The van der Waals surface area contributed by atoms with Crippen molar-refractivity contribution < 1.29 is 23.0 Å². The summed E-state index contributed by atoms with van der Waals surface area (Å²) in [6, 6.07) is 18.2. The number of nitrogens with one attached hydrogen (secondary N) is 2. The van der Waals surface area contributed by atoms with Crippen molar-refractivity contribution in [3.8, 4) is 11.5 Å². The highest BCUT2D eigenvalue weighted by Gasteiger charge is 2.29. The Morgan fingerprint density at radius 1 is 1.08 bits per heavy atom. The Bertz CT molecular complexity index is 1500. The number of para-hydroxylation sites is 1. The van der Waals surface area contributed by atoms with Crippen molar-refractivity contribution in [2.75, 3.05) is 39.9 Å². The molecule has 1 saturated heterocycles. The number of H-pyrrole nitrogens is 1. The number of piperidine rings is 1. The number of hydrogen-bond donors (Lipinski definition) is 3. The summed E-state index contributed by atoms with van der Waals surface area (Å²) in [6.45, 7) is 2.11. The normalized spacial score (nSPS) is 16.2. The number of aliphatic hydroxyl groups excluding tert-OH is 1. The van der Waals surface area contributed by atoms with Crippen LogP contribution in [-0.4, -0.2) is 68.8 Å². The third kappa shape index (κ3) is 5.62. The molecule has 10 heteroatoms. The first kappa shape index (κ1) is 26.8. The molecule has 0 saturated carbocycles. The molecule has 3 N–H and O–H groups in total. The van der Waals surface area contributed by atoms with Crippen LogP contribution in [0.3, 0.4) is 0 Å². The fourth-order valence-corrected chi connectivity index (χ4v) is 6.65. The molecule has 0 radical (unpaired) electrons. The van der Waals surface area contributed by atoms with Gasteiger partial charge in [-0.1, -0.05) is 29.8 Å². The van der Waals surface area contributed by atoms with Crippen molar-refractivity contribution in [2.45, 2.75) is 23.8 Å². The number of rotatable bonds is 10. The van der Waals surface area contributed by atoms with E-state index in [9.17, 15) is 13.5 Å². The summed E-state index contributed by atoms with van der Waals surface area (Å²) in [5.41, 5.74) is 1.93. The molecule has 1 aliphatic heterocycles. The molecule has 0 unspecified atom stereocenters. The van der Waals surface area contributed by atoms with Crippen molar-refractivity contribution >= 4 is 43.4 Å². The van der Waals surface area contributed by atoms with Crippen molar-refractivity contribution in [1.82, 2.24) is 14.6 Å². The molecule has 4 aromatic rings. The second kappa shape index (κ2) is 11.5. The highest BCUT2D eigenvalue weighted by atomic mass is 35.5. The molecule has 202 valence electrons. The predicted molar refractivity (Wildman–Crippen MR) is 150 cm³/mol. The zero-order chi connectivity index (χ0) is 26.7. The van der Waals surface area contributed by atoms with Gasteiger partial charge in [-0.25, -0.2) is 8.42 Å². The molecule has 38 heavy (non-hydrogen) atoms. The van der Waals surface area contributed by atoms with Crippen LogP contribution >= 0.6 is 11.6 Å². The fraction of sp³-hybridized carbons (Fsp3) is 0.357. The average molecular weight is 558 g/mol. The third-order valence-corrected chi connectivity index (χ3v) is 9.29. The van der Waals surface area contributed by atoms with Crippen molar-refractivity contribution in [3.05, 3.63) is 65.7 Å². The Balaban J connectivity index is 1.10. The summed E-state index contributed by atoms with van der Waals surface area (Å²) in [4.78, 5) is 3.65. The highest BCUT2D eigenvalue weighted by Crippen LogP contribution is 2.38. The van der Waals surface area contributed by atoms with Crippen molar-refractivity contribution in [3.63, 3.8) is 0 Å². The number of aliphatic hydroxyl groups is 1. The summed E-state index contributed by atoms with van der Waals surface area (Å²) >= 11 is 6.46. The van der Waals surface area contributed by atoms with Crippen LogP contribution in [0.1, 0.15) is 12.8 Å². The standard InChI is InChI=1S/C28H32ClN3O5S/c1-36-21-6-8-22(9-7-21)38(34,35)32-14-12-19(13-15-32)16-30-17-20(33)18-37-28-24(29)10-11-26-27(28)23-4-2-3-5-25(23)31-26/h2-11,19-20,30-31,33H,12-18H2,1H3/t20-/m0/s1. The van der Waals surface area contributed by atoms with E-state index >= 15 is 0 Å². The molecule has 1 aromatic heterocycles. The van der Waals surface area contributed by atoms with Gasteiger partial charge < -0.3 is 24.9 Å². The van der Waals surface area contributed by atoms with Gasteiger partial charge in [-0.05, 0) is 67.8 Å². The SMILES string of the molecule is COc1ccc(S(=O)(=O)N2CCC(CNC[C@H](O)COc3c(Cl)ccc4[nH]c5ccccc5c34)CC2)cc1. The van der Waals surface area contributed by atoms with E-state index in [0.717, 1.165) is 34.6 Å². The van der Waals surface area contributed by atoms with Crippen LogP contribution in [0.4, 0.5) is 0 Å². The Morgan fingerprint density at radius 3 is 2.55 bits per heavy atom. The lowest BCUT2D eigenvalue weighted by atomic mass is 9.98. The molecule has 2 heterocycles. The number of hydrogen-bond acceptors (Lipinski definition) is 6. The first-order chi connectivity index (χ1) is 18.4. The minimum atomic E-state index is -3.52. The first-order valence-corrected chi connectivity index (χ1v) is 14.5. The smallest absolute Gasteiger partial charge is 0.243 e. The Labute approximate surface area is 227 Å². The molecule has 0 aliphatic carbocycles. The van der Waals surface area contributed by atoms with E-state index < -0.39 is 16.1 Å². The highest BCUT2D eigenvalue weighted by molar-refractivity contribution is 7.89. The zero-order valence-electron chi connectivity index (χ0n) is 21.2. The van der Waals surface area contributed by atoms with Gasteiger partial charge in [-0.3, -0.25) is 0 Å². The summed E-state index contributed by atoms with van der Waals surface area (Å²) < 4.78 is 38.6. The van der Waals surface area contributed by atoms with Crippen molar-refractivity contribution in [1.29, 1.82) is 0 Å². The first-order valence-electron chi connectivity index (χ1n) is 12.7. The molecule has 1 aliphatic rings. The minimum absolute atomic E-state index is 0.101. The molecular formula is C28H32ClN3O5S. The maximum absolute atomic E-state index is 13.0. The molecular weight excluding hydrogens is 526 g/mol. The number of methoxy groups -OCH3 is 1. The van der Waals surface area contributed by atoms with Gasteiger partial charge in [0.2, 0.25) is 10.0 Å². The fourth-order valence-electron chi connectivity index (χ4n) is 4.97. The quantitative estimate of drug-likeness (QED) is 0.267. The molecule has 0 bridgehead atoms. The van der Waals surface area contributed by atoms with E-state index in [-0.39, 0.29) is 11.5 Å². The van der Waals surface area contributed by atoms with E-state index in [2.05, 4.69) is 10.3 Å². The Kier molecular flexibility index (Phi) is 8.11. The molecule has 3 aromatic carbocycles. The number of aromatic nitrogens is 1. The van der Waals surface area contributed by atoms with Gasteiger partial charge in [-0.2, -0.15) is 4.31 Å². The van der Waals surface area contributed by atoms with E-state index in [1.807, 2.05) is 30.3 Å². The van der Waals surface area contributed by atoms with E-state index in [1.54, 1.807) is 41.7 Å². The minimum Gasteiger partial charge on any atom is -0.497 e. The van der Waals surface area contributed by atoms with Crippen LogP contribution in [0.5, 0.6) is 11.5 Å². The largest absolute Gasteiger partial charge is 0.497 e. The van der Waals surface area contributed by atoms with Gasteiger partial charge in [0.1, 0.15) is 24.2 Å².